The van der Waals surface area contributed by atoms with Gasteiger partial charge in [0, 0.05) is 13.5 Å². The number of hydrogen-bond donors (Lipinski definition) is 0. The Hall–Kier alpha value is -5.08. The third-order valence-corrected chi connectivity index (χ3v) is 11.6. The fourth-order valence-electron chi connectivity index (χ4n) is 8.19. The average molecular weight is 881 g/mol. The van der Waals surface area contributed by atoms with Gasteiger partial charge in [0.05, 0.1) is 59.0 Å². The van der Waals surface area contributed by atoms with Gasteiger partial charge in [0.1, 0.15) is 36.6 Å². The summed E-state index contributed by atoms with van der Waals surface area (Å²) in [7, 11) is 1.62. The van der Waals surface area contributed by atoms with E-state index in [9.17, 15) is 0 Å². The second kappa shape index (κ2) is 25.0. The second-order valence-electron chi connectivity index (χ2n) is 16.3. The van der Waals surface area contributed by atoms with Crippen LogP contribution in [0.3, 0.4) is 0 Å². The third-order valence-electron chi connectivity index (χ3n) is 11.6. The molecule has 0 saturated carbocycles. The highest BCUT2D eigenvalue weighted by molar-refractivity contribution is 5.18. The number of ether oxygens (including phenoxy) is 10. The number of methoxy groups -OCH3 is 1. The van der Waals surface area contributed by atoms with Gasteiger partial charge in [-0.2, -0.15) is 0 Å². The molecule has 0 N–H and O–H groups in total. The van der Waals surface area contributed by atoms with Crippen LogP contribution in [0.4, 0.5) is 0 Å². The van der Waals surface area contributed by atoms with E-state index < -0.39 is 55.3 Å². The van der Waals surface area contributed by atoms with Gasteiger partial charge in [-0.3, -0.25) is 0 Å². The molecule has 340 valence electrons. The van der Waals surface area contributed by atoms with Crippen molar-refractivity contribution in [1.82, 2.24) is 0 Å². The SMILES string of the molecule is CO[C@H]1O[C@H](COC2C[C@@H](OCc3ccccc3)[C@H](OCc3ccccc3)[C@@H](COCc3ccccc3)O2)[C@@H](OCc2ccccc2)[C@H](OCc2ccccc2)[C@H]1OCc1ccccc1. The van der Waals surface area contributed by atoms with Crippen molar-refractivity contribution in [3.05, 3.63) is 215 Å². The van der Waals surface area contributed by atoms with Crippen molar-refractivity contribution in [2.75, 3.05) is 20.3 Å². The predicted octanol–water partition coefficient (Wildman–Crippen LogP) is 9.63. The summed E-state index contributed by atoms with van der Waals surface area (Å²) >= 11 is 0. The van der Waals surface area contributed by atoms with Crippen LogP contribution in [0.1, 0.15) is 39.8 Å². The summed E-state index contributed by atoms with van der Waals surface area (Å²) in [6, 6.07) is 60.6. The molecule has 2 aliphatic rings. The Labute approximate surface area is 383 Å². The molecule has 0 aromatic heterocycles. The zero-order valence-electron chi connectivity index (χ0n) is 37.0. The van der Waals surface area contributed by atoms with E-state index in [1.54, 1.807) is 7.11 Å². The van der Waals surface area contributed by atoms with Crippen molar-refractivity contribution in [1.29, 1.82) is 0 Å². The molecule has 2 heterocycles. The van der Waals surface area contributed by atoms with Crippen LogP contribution in [0, 0.1) is 0 Å². The van der Waals surface area contributed by atoms with E-state index in [0.29, 0.717) is 46.1 Å². The van der Waals surface area contributed by atoms with Crippen LogP contribution in [0.5, 0.6) is 0 Å². The van der Waals surface area contributed by atoms with Crippen LogP contribution in [0.15, 0.2) is 182 Å². The van der Waals surface area contributed by atoms with Crippen molar-refractivity contribution in [3.63, 3.8) is 0 Å². The topological polar surface area (TPSA) is 92.3 Å². The van der Waals surface area contributed by atoms with Crippen LogP contribution >= 0.6 is 0 Å². The molecule has 0 spiro atoms. The Morgan fingerprint density at radius 3 is 1.18 bits per heavy atom. The van der Waals surface area contributed by atoms with Crippen LogP contribution < -0.4 is 0 Å². The molecule has 0 aliphatic carbocycles. The molecule has 6 aromatic rings. The summed E-state index contributed by atoms with van der Waals surface area (Å²) in [5.74, 6) is 0. The molecule has 0 bridgehead atoms. The predicted molar refractivity (Wildman–Crippen MR) is 246 cm³/mol. The lowest BCUT2D eigenvalue weighted by Crippen LogP contribution is -2.62. The summed E-state index contributed by atoms with van der Waals surface area (Å²) in [5.41, 5.74) is 6.22. The largest absolute Gasteiger partial charge is 0.374 e. The minimum atomic E-state index is -0.797. The first-order chi connectivity index (χ1) is 32.2. The molecule has 0 radical (unpaired) electrons. The highest BCUT2D eigenvalue weighted by atomic mass is 16.7. The summed E-state index contributed by atoms with van der Waals surface area (Å²) in [6.07, 6.45) is -5.02. The van der Waals surface area contributed by atoms with Crippen molar-refractivity contribution >= 4 is 0 Å². The van der Waals surface area contributed by atoms with Crippen LogP contribution in [-0.4, -0.2) is 75.6 Å². The van der Waals surface area contributed by atoms with Gasteiger partial charge in [-0.25, -0.2) is 0 Å². The maximum Gasteiger partial charge on any atom is 0.186 e. The maximum absolute atomic E-state index is 6.84. The lowest BCUT2D eigenvalue weighted by Gasteiger charge is -2.46. The van der Waals surface area contributed by atoms with E-state index >= 15 is 0 Å². The normalized spacial score (nSPS) is 24.4. The minimum absolute atomic E-state index is 0.0964. The quantitative estimate of drug-likeness (QED) is 0.0620. The van der Waals surface area contributed by atoms with Gasteiger partial charge in [0.15, 0.2) is 12.6 Å². The minimum Gasteiger partial charge on any atom is -0.374 e. The number of benzene rings is 6. The number of hydrogen-bond acceptors (Lipinski definition) is 10. The molecule has 10 nitrogen and oxygen atoms in total. The standard InChI is InChI=1S/C55H60O10/c1-56-55-54(63-38-46-30-18-7-19-31-46)53(62-37-45-28-16-6-17-29-45)52(61-36-44-26-14-5-15-27-44)49(65-55)40-59-50-32-47(58-34-42-22-10-3-11-23-42)51(60-35-43-24-12-4-13-25-43)48(64-50)39-57-33-41-20-8-2-9-21-41/h2-31,47-55H,32-40H2,1H3/t47-,48-,49-,50?,51+,52-,53+,54-,55+/m1/s1. The molecular formula is C55H60O10. The first-order valence-corrected chi connectivity index (χ1v) is 22.5. The van der Waals surface area contributed by atoms with E-state index in [4.69, 9.17) is 47.4 Å². The molecule has 10 heteroatoms. The van der Waals surface area contributed by atoms with Gasteiger partial charge in [0.25, 0.3) is 0 Å². The first-order valence-electron chi connectivity index (χ1n) is 22.5. The second-order valence-corrected chi connectivity index (χ2v) is 16.3. The summed E-state index contributed by atoms with van der Waals surface area (Å²) in [4.78, 5) is 0. The zero-order valence-corrected chi connectivity index (χ0v) is 37.0. The number of rotatable bonds is 23. The Balaban J connectivity index is 1.05. The summed E-state index contributed by atoms with van der Waals surface area (Å²) in [5, 5.41) is 0. The van der Waals surface area contributed by atoms with Crippen molar-refractivity contribution < 1.29 is 47.4 Å². The lowest BCUT2D eigenvalue weighted by atomic mass is 9.97. The van der Waals surface area contributed by atoms with Gasteiger partial charge in [-0.15, -0.1) is 0 Å². The van der Waals surface area contributed by atoms with Crippen LogP contribution in [0.25, 0.3) is 0 Å². The molecule has 0 amide bonds. The van der Waals surface area contributed by atoms with E-state index in [0.717, 1.165) is 33.4 Å². The van der Waals surface area contributed by atoms with Gasteiger partial charge < -0.3 is 47.4 Å². The van der Waals surface area contributed by atoms with Crippen LogP contribution in [-0.2, 0) is 87.0 Å². The Bertz CT molecular complexity index is 2190. The highest BCUT2D eigenvalue weighted by Crippen LogP contribution is 2.33. The van der Waals surface area contributed by atoms with Crippen molar-refractivity contribution in [2.24, 2.45) is 0 Å². The smallest absolute Gasteiger partial charge is 0.186 e. The third kappa shape index (κ3) is 14.0. The Kier molecular flexibility index (Phi) is 17.9. The Morgan fingerprint density at radius 2 is 0.738 bits per heavy atom. The summed E-state index contributed by atoms with van der Waals surface area (Å²) < 4.78 is 66.6. The van der Waals surface area contributed by atoms with Gasteiger partial charge in [-0.05, 0) is 33.4 Å². The molecular weight excluding hydrogens is 821 g/mol. The fraction of sp³-hybridized carbons (Fsp3) is 0.345. The van der Waals surface area contributed by atoms with Crippen molar-refractivity contribution in [2.45, 2.75) is 101 Å². The average Bonchev–Trinajstić information content (AvgIpc) is 3.37. The van der Waals surface area contributed by atoms with Gasteiger partial charge in [0.2, 0.25) is 0 Å². The highest BCUT2D eigenvalue weighted by Gasteiger charge is 2.50. The van der Waals surface area contributed by atoms with E-state index in [1.165, 1.54) is 0 Å². The molecule has 65 heavy (non-hydrogen) atoms. The molecule has 2 aliphatic heterocycles. The zero-order chi connectivity index (χ0) is 44.3. The Morgan fingerprint density at radius 1 is 0.369 bits per heavy atom. The maximum atomic E-state index is 6.84. The molecule has 2 fully saturated rings. The van der Waals surface area contributed by atoms with Crippen LogP contribution in [0.2, 0.25) is 0 Å². The molecule has 6 aromatic carbocycles. The molecule has 9 atom stereocenters. The first kappa shape index (κ1) is 46.4. The molecule has 1 unspecified atom stereocenters. The molecule has 8 rings (SSSR count). The fourth-order valence-corrected chi connectivity index (χ4v) is 8.19. The van der Waals surface area contributed by atoms with Gasteiger partial charge >= 0.3 is 0 Å². The van der Waals surface area contributed by atoms with E-state index in [2.05, 4.69) is 24.3 Å². The van der Waals surface area contributed by atoms with E-state index in [-0.39, 0.29) is 13.2 Å². The molecule has 2 saturated heterocycles. The lowest BCUT2D eigenvalue weighted by molar-refractivity contribution is -0.334. The van der Waals surface area contributed by atoms with Crippen molar-refractivity contribution in [3.8, 4) is 0 Å². The summed E-state index contributed by atoms with van der Waals surface area (Å²) in [6.45, 7) is 2.51. The van der Waals surface area contributed by atoms with Gasteiger partial charge in [-0.1, -0.05) is 182 Å². The van der Waals surface area contributed by atoms with E-state index in [1.807, 2.05) is 158 Å². The monoisotopic (exact) mass is 880 g/mol.